The van der Waals surface area contributed by atoms with Gasteiger partial charge in [0.1, 0.15) is 5.75 Å². The number of hydrogen-bond donors (Lipinski definition) is 1. The van der Waals surface area contributed by atoms with E-state index in [1.807, 2.05) is 37.3 Å². The Labute approximate surface area is 169 Å². The first-order valence-corrected chi connectivity index (χ1v) is 9.43. The van der Waals surface area contributed by atoms with Gasteiger partial charge < -0.3 is 19.7 Å². The van der Waals surface area contributed by atoms with E-state index >= 15 is 0 Å². The van der Waals surface area contributed by atoms with Crippen molar-refractivity contribution in [1.82, 2.24) is 4.90 Å². The van der Waals surface area contributed by atoms with Gasteiger partial charge in [0.15, 0.2) is 6.61 Å². The van der Waals surface area contributed by atoms with Crippen LogP contribution >= 0.6 is 0 Å². The number of nitrogens with zero attached hydrogens (tertiary/aromatic N) is 1. The third-order valence-electron chi connectivity index (χ3n) is 4.96. The molecule has 1 aliphatic rings. The highest BCUT2D eigenvalue weighted by Crippen LogP contribution is 2.29. The summed E-state index contributed by atoms with van der Waals surface area (Å²) in [6.45, 7) is 1.82. The zero-order chi connectivity index (χ0) is 20.8. The second-order valence-corrected chi connectivity index (χ2v) is 6.92. The lowest BCUT2D eigenvalue weighted by Crippen LogP contribution is -2.30. The second kappa shape index (κ2) is 9.23. The fourth-order valence-corrected chi connectivity index (χ4v) is 3.30. The molecule has 1 fully saturated rings. The van der Waals surface area contributed by atoms with Gasteiger partial charge in [-0.1, -0.05) is 30.3 Å². The van der Waals surface area contributed by atoms with Crippen molar-refractivity contribution in [2.45, 2.75) is 19.4 Å². The van der Waals surface area contributed by atoms with Crippen molar-refractivity contribution in [2.75, 3.05) is 25.6 Å². The number of anilines is 1. The maximum absolute atomic E-state index is 12.4. The number of ether oxygens (including phenoxy) is 2. The third kappa shape index (κ3) is 5.13. The van der Waals surface area contributed by atoms with E-state index in [1.54, 1.807) is 36.3 Å². The molecule has 1 aliphatic heterocycles. The summed E-state index contributed by atoms with van der Waals surface area (Å²) in [4.78, 5) is 38.4. The molecule has 0 aliphatic carbocycles. The molecule has 0 aromatic heterocycles. The van der Waals surface area contributed by atoms with Crippen LogP contribution in [0, 0.1) is 5.92 Å². The Hall–Kier alpha value is -3.35. The minimum Gasteiger partial charge on any atom is -0.497 e. The Morgan fingerprint density at radius 3 is 2.48 bits per heavy atom. The van der Waals surface area contributed by atoms with Crippen molar-refractivity contribution in [3.63, 3.8) is 0 Å². The molecule has 1 heterocycles. The Balaban J connectivity index is 1.49. The monoisotopic (exact) mass is 396 g/mol. The molecule has 0 spiro atoms. The van der Waals surface area contributed by atoms with Crippen LogP contribution in [0.3, 0.4) is 0 Å². The summed E-state index contributed by atoms with van der Waals surface area (Å²) < 4.78 is 10.2. The van der Waals surface area contributed by atoms with Gasteiger partial charge in [-0.15, -0.1) is 0 Å². The molecule has 152 valence electrons. The molecule has 0 bridgehead atoms. The number of carbonyl (C=O) groups excluding carboxylic acids is 3. The molecule has 7 nitrogen and oxygen atoms in total. The average molecular weight is 396 g/mol. The van der Waals surface area contributed by atoms with E-state index in [9.17, 15) is 14.4 Å². The molecule has 0 saturated carbocycles. The third-order valence-corrected chi connectivity index (χ3v) is 4.96. The van der Waals surface area contributed by atoms with Crippen molar-refractivity contribution in [3.05, 3.63) is 60.2 Å². The van der Waals surface area contributed by atoms with Crippen molar-refractivity contribution < 1.29 is 23.9 Å². The Morgan fingerprint density at radius 1 is 1.14 bits per heavy atom. The molecule has 29 heavy (non-hydrogen) atoms. The molecular weight excluding hydrogens is 372 g/mol. The standard InChI is InChI=1S/C22H24N2O5/c1-15(16-6-4-3-5-7-16)24-13-17(12-21(24)26)22(27)29-14-20(25)23-18-8-10-19(28-2)11-9-18/h3-11,15,17H,12-14H2,1-2H3,(H,23,25)/t15-,17-/m0/s1. The predicted octanol–water partition coefficient (Wildman–Crippen LogP) is 2.79. The number of esters is 1. The normalized spacial score (nSPS) is 17.0. The lowest BCUT2D eigenvalue weighted by Gasteiger charge is -2.25. The molecule has 0 unspecified atom stereocenters. The van der Waals surface area contributed by atoms with Gasteiger partial charge in [0, 0.05) is 18.7 Å². The first-order chi connectivity index (χ1) is 14.0. The van der Waals surface area contributed by atoms with Gasteiger partial charge in [-0.05, 0) is 36.8 Å². The fourth-order valence-electron chi connectivity index (χ4n) is 3.30. The first-order valence-electron chi connectivity index (χ1n) is 9.43. The molecule has 2 atom stereocenters. The van der Waals surface area contributed by atoms with E-state index in [-0.39, 0.29) is 24.9 Å². The minimum absolute atomic E-state index is 0.0917. The van der Waals surface area contributed by atoms with Crippen molar-refractivity contribution in [3.8, 4) is 5.75 Å². The summed E-state index contributed by atoms with van der Waals surface area (Å²) in [6, 6.07) is 16.3. The quantitative estimate of drug-likeness (QED) is 0.728. The smallest absolute Gasteiger partial charge is 0.311 e. The van der Waals surface area contributed by atoms with Gasteiger partial charge in [-0.25, -0.2) is 0 Å². The zero-order valence-electron chi connectivity index (χ0n) is 16.5. The van der Waals surface area contributed by atoms with Crippen molar-refractivity contribution in [2.24, 2.45) is 5.92 Å². The zero-order valence-corrected chi connectivity index (χ0v) is 16.5. The summed E-state index contributed by atoms with van der Waals surface area (Å²) >= 11 is 0. The molecule has 2 amide bonds. The molecule has 2 aromatic carbocycles. The summed E-state index contributed by atoms with van der Waals surface area (Å²) in [5.74, 6) is -0.962. The van der Waals surface area contributed by atoms with Gasteiger partial charge in [0.25, 0.3) is 5.91 Å². The average Bonchev–Trinajstić information content (AvgIpc) is 3.14. The number of nitrogens with one attached hydrogen (secondary N) is 1. The maximum Gasteiger partial charge on any atom is 0.311 e. The van der Waals surface area contributed by atoms with Gasteiger partial charge >= 0.3 is 5.97 Å². The summed E-state index contributed by atoms with van der Waals surface area (Å²) in [5, 5.41) is 2.65. The Kier molecular flexibility index (Phi) is 6.49. The fraction of sp³-hybridized carbons (Fsp3) is 0.318. The summed E-state index contributed by atoms with van der Waals surface area (Å²) in [6.07, 6.45) is 0.0934. The van der Waals surface area contributed by atoms with Crippen molar-refractivity contribution >= 4 is 23.5 Å². The highest BCUT2D eigenvalue weighted by atomic mass is 16.5. The molecule has 1 saturated heterocycles. The molecule has 1 N–H and O–H groups in total. The van der Waals surface area contributed by atoms with Crippen LogP contribution in [0.15, 0.2) is 54.6 Å². The van der Waals surface area contributed by atoms with Crippen LogP contribution in [-0.2, 0) is 19.1 Å². The minimum atomic E-state index is -0.567. The highest BCUT2D eigenvalue weighted by Gasteiger charge is 2.38. The molecule has 2 aromatic rings. The number of benzene rings is 2. The van der Waals surface area contributed by atoms with Crippen LogP contribution < -0.4 is 10.1 Å². The lowest BCUT2D eigenvalue weighted by atomic mass is 10.1. The molecule has 3 rings (SSSR count). The second-order valence-electron chi connectivity index (χ2n) is 6.92. The predicted molar refractivity (Wildman–Crippen MR) is 107 cm³/mol. The van der Waals surface area contributed by atoms with Crippen LogP contribution in [0.5, 0.6) is 5.75 Å². The van der Waals surface area contributed by atoms with E-state index in [0.717, 1.165) is 5.56 Å². The van der Waals surface area contributed by atoms with Gasteiger partial charge in [0.05, 0.1) is 19.1 Å². The number of carbonyl (C=O) groups is 3. The number of likely N-dealkylation sites (tertiary alicyclic amines) is 1. The van der Waals surface area contributed by atoms with Gasteiger partial charge in [-0.2, -0.15) is 0 Å². The number of amides is 2. The van der Waals surface area contributed by atoms with E-state index in [2.05, 4.69) is 5.32 Å². The molecule has 0 radical (unpaired) electrons. The Morgan fingerprint density at radius 2 is 1.83 bits per heavy atom. The largest absolute Gasteiger partial charge is 0.497 e. The number of methoxy groups -OCH3 is 1. The number of hydrogen-bond acceptors (Lipinski definition) is 5. The van der Waals surface area contributed by atoms with Gasteiger partial charge in [0.2, 0.25) is 5.91 Å². The van der Waals surface area contributed by atoms with E-state index in [0.29, 0.717) is 11.4 Å². The molecular formula is C22H24N2O5. The SMILES string of the molecule is COc1ccc(NC(=O)COC(=O)[C@H]2CC(=O)N([C@@H](C)c3ccccc3)C2)cc1. The van der Waals surface area contributed by atoms with E-state index in [4.69, 9.17) is 9.47 Å². The summed E-state index contributed by atoms with van der Waals surface area (Å²) in [5.41, 5.74) is 1.58. The number of rotatable bonds is 7. The maximum atomic E-state index is 12.4. The van der Waals surface area contributed by atoms with Gasteiger partial charge in [-0.3, -0.25) is 14.4 Å². The van der Waals surface area contributed by atoms with E-state index < -0.39 is 24.4 Å². The van der Waals surface area contributed by atoms with E-state index in [1.165, 1.54) is 0 Å². The van der Waals surface area contributed by atoms with Crippen LogP contribution in [0.25, 0.3) is 0 Å². The Bertz CT molecular complexity index is 867. The molecule has 7 heteroatoms. The van der Waals surface area contributed by atoms with Crippen LogP contribution in [0.4, 0.5) is 5.69 Å². The van der Waals surface area contributed by atoms with Crippen molar-refractivity contribution in [1.29, 1.82) is 0 Å². The lowest BCUT2D eigenvalue weighted by molar-refractivity contribution is -0.151. The summed E-state index contributed by atoms with van der Waals surface area (Å²) in [7, 11) is 1.56. The van der Waals surface area contributed by atoms with Crippen LogP contribution in [-0.4, -0.2) is 42.9 Å². The van der Waals surface area contributed by atoms with Crippen LogP contribution in [0.2, 0.25) is 0 Å². The first kappa shape index (κ1) is 20.4. The van der Waals surface area contributed by atoms with Crippen LogP contribution in [0.1, 0.15) is 24.9 Å². The highest BCUT2D eigenvalue weighted by molar-refractivity contribution is 5.93. The topological polar surface area (TPSA) is 84.9 Å².